The summed E-state index contributed by atoms with van der Waals surface area (Å²) in [7, 11) is 0. The van der Waals surface area contributed by atoms with Gasteiger partial charge in [-0.2, -0.15) is 0 Å². The van der Waals surface area contributed by atoms with Crippen molar-refractivity contribution in [2.24, 2.45) is 0 Å². The summed E-state index contributed by atoms with van der Waals surface area (Å²) in [6.07, 6.45) is 0. The number of hydrogen-bond acceptors (Lipinski definition) is 5. The summed E-state index contributed by atoms with van der Waals surface area (Å²) < 4.78 is 3.53. The van der Waals surface area contributed by atoms with E-state index in [1.807, 2.05) is 18.2 Å². The Kier molecular flexibility index (Phi) is 3.43. The number of aromatic nitrogens is 3. The number of rotatable bonds is 3. The molecule has 1 heterocycles. The molecule has 0 aliphatic rings. The van der Waals surface area contributed by atoms with Crippen molar-refractivity contribution in [1.29, 1.82) is 0 Å². The first-order valence-electron chi connectivity index (χ1n) is 4.42. The molecule has 1 N–H and O–H groups in total. The lowest BCUT2D eigenvalue weighted by Gasteiger charge is -2.07. The molecule has 1 unspecified atom stereocenters. The molecule has 16 heavy (non-hydrogen) atoms. The fourth-order valence-electron chi connectivity index (χ4n) is 1.12. The second-order valence-corrected chi connectivity index (χ2v) is 4.10. The molecule has 0 saturated heterocycles. The SMILES string of the molecule is O=C(Nc1nnns1)C(Cl)c1ccccc1. The molecule has 0 saturated carbocycles. The lowest BCUT2D eigenvalue weighted by atomic mass is 10.1. The predicted octanol–water partition coefficient (Wildman–Crippen LogP) is 1.85. The summed E-state index contributed by atoms with van der Waals surface area (Å²) in [6, 6.07) is 9.08. The van der Waals surface area contributed by atoms with E-state index < -0.39 is 5.38 Å². The van der Waals surface area contributed by atoms with Gasteiger partial charge >= 0.3 is 0 Å². The van der Waals surface area contributed by atoms with Crippen LogP contribution in [0.25, 0.3) is 0 Å². The Balaban J connectivity index is 2.05. The molecular weight excluding hydrogens is 248 g/mol. The van der Waals surface area contributed by atoms with E-state index in [9.17, 15) is 4.79 Å². The number of carbonyl (C=O) groups excluding carboxylic acids is 1. The average Bonchev–Trinajstić information content (AvgIpc) is 2.82. The van der Waals surface area contributed by atoms with Crippen molar-refractivity contribution in [2.75, 3.05) is 5.32 Å². The van der Waals surface area contributed by atoms with Crippen LogP contribution in [0.5, 0.6) is 0 Å². The van der Waals surface area contributed by atoms with E-state index in [1.54, 1.807) is 12.1 Å². The highest BCUT2D eigenvalue weighted by molar-refractivity contribution is 7.09. The number of nitrogens with zero attached hydrogens (tertiary/aromatic N) is 3. The normalized spacial score (nSPS) is 12.1. The number of nitrogens with one attached hydrogen (secondary N) is 1. The number of carbonyl (C=O) groups is 1. The standard InChI is InChI=1S/C9H7ClN4OS/c10-7(6-4-2-1-3-5-6)8(15)11-9-12-13-14-16-9/h1-5,7H,(H,11,12,14,15). The van der Waals surface area contributed by atoms with Gasteiger partial charge in [-0.1, -0.05) is 39.9 Å². The fraction of sp³-hybridized carbons (Fsp3) is 0.111. The molecule has 1 amide bonds. The molecule has 1 aromatic carbocycles. The zero-order valence-electron chi connectivity index (χ0n) is 8.00. The van der Waals surface area contributed by atoms with Gasteiger partial charge in [0.05, 0.1) is 0 Å². The van der Waals surface area contributed by atoms with Crippen molar-refractivity contribution in [3.63, 3.8) is 0 Å². The number of benzene rings is 1. The molecule has 1 aromatic heterocycles. The molecule has 2 aromatic rings. The molecule has 0 spiro atoms. The first-order chi connectivity index (χ1) is 7.77. The second-order valence-electron chi connectivity index (χ2n) is 2.93. The van der Waals surface area contributed by atoms with Crippen LogP contribution >= 0.6 is 23.1 Å². The highest BCUT2D eigenvalue weighted by Crippen LogP contribution is 2.21. The molecule has 0 aliphatic heterocycles. The number of hydrogen-bond donors (Lipinski definition) is 1. The molecule has 7 heteroatoms. The van der Waals surface area contributed by atoms with Gasteiger partial charge in [-0.25, -0.2) is 0 Å². The van der Waals surface area contributed by atoms with Gasteiger partial charge in [0.15, 0.2) is 0 Å². The lowest BCUT2D eigenvalue weighted by Crippen LogP contribution is -2.17. The van der Waals surface area contributed by atoms with Crippen LogP contribution in [0.1, 0.15) is 10.9 Å². The molecule has 0 bridgehead atoms. The van der Waals surface area contributed by atoms with Crippen molar-refractivity contribution in [2.45, 2.75) is 5.38 Å². The summed E-state index contributed by atoms with van der Waals surface area (Å²) in [5, 5.41) is 9.09. The average molecular weight is 255 g/mol. The third kappa shape index (κ3) is 2.53. The number of alkyl halides is 1. The van der Waals surface area contributed by atoms with Crippen LogP contribution < -0.4 is 5.32 Å². The van der Waals surface area contributed by atoms with Crippen LogP contribution in [-0.2, 0) is 4.79 Å². The topological polar surface area (TPSA) is 67.8 Å². The molecule has 0 radical (unpaired) electrons. The summed E-state index contributed by atoms with van der Waals surface area (Å²) in [6.45, 7) is 0. The molecule has 5 nitrogen and oxygen atoms in total. The monoisotopic (exact) mass is 254 g/mol. The Morgan fingerprint density at radius 1 is 1.38 bits per heavy atom. The highest BCUT2D eigenvalue weighted by Gasteiger charge is 2.18. The molecule has 0 fully saturated rings. The maximum absolute atomic E-state index is 11.7. The smallest absolute Gasteiger partial charge is 0.248 e. The van der Waals surface area contributed by atoms with Crippen molar-refractivity contribution in [3.05, 3.63) is 35.9 Å². The van der Waals surface area contributed by atoms with Gasteiger partial charge in [0.25, 0.3) is 0 Å². The first-order valence-corrected chi connectivity index (χ1v) is 5.63. The maximum atomic E-state index is 11.7. The second kappa shape index (κ2) is 5.00. The minimum Gasteiger partial charge on any atom is -0.298 e. The van der Waals surface area contributed by atoms with Crippen LogP contribution in [0, 0.1) is 0 Å². The summed E-state index contributed by atoms with van der Waals surface area (Å²) in [5.74, 6) is -0.341. The van der Waals surface area contributed by atoms with Crippen molar-refractivity contribution >= 4 is 34.2 Å². The van der Waals surface area contributed by atoms with Gasteiger partial charge in [0.2, 0.25) is 11.0 Å². The van der Waals surface area contributed by atoms with E-state index in [4.69, 9.17) is 11.6 Å². The summed E-state index contributed by atoms with van der Waals surface area (Å²) >= 11 is 7.00. The zero-order valence-corrected chi connectivity index (χ0v) is 9.57. The Morgan fingerprint density at radius 2 is 2.12 bits per heavy atom. The van der Waals surface area contributed by atoms with Crippen LogP contribution in [0.15, 0.2) is 30.3 Å². The van der Waals surface area contributed by atoms with E-state index in [0.29, 0.717) is 5.13 Å². The zero-order chi connectivity index (χ0) is 11.4. The molecule has 2 rings (SSSR count). The Morgan fingerprint density at radius 3 is 2.75 bits per heavy atom. The molecule has 0 aliphatic carbocycles. The molecule has 1 atom stereocenters. The van der Waals surface area contributed by atoms with Crippen LogP contribution in [-0.4, -0.2) is 20.7 Å². The number of anilines is 1. The quantitative estimate of drug-likeness (QED) is 0.849. The van der Waals surface area contributed by atoms with Crippen LogP contribution in [0.4, 0.5) is 5.13 Å². The van der Waals surface area contributed by atoms with Gasteiger partial charge < -0.3 is 0 Å². The van der Waals surface area contributed by atoms with E-state index >= 15 is 0 Å². The van der Waals surface area contributed by atoms with E-state index in [1.165, 1.54) is 0 Å². The maximum Gasteiger partial charge on any atom is 0.248 e. The van der Waals surface area contributed by atoms with E-state index in [0.717, 1.165) is 17.1 Å². The van der Waals surface area contributed by atoms with Gasteiger partial charge in [0, 0.05) is 11.5 Å². The minimum atomic E-state index is -0.745. The van der Waals surface area contributed by atoms with Crippen LogP contribution in [0.3, 0.4) is 0 Å². The van der Waals surface area contributed by atoms with Crippen molar-refractivity contribution in [1.82, 2.24) is 14.8 Å². The lowest BCUT2D eigenvalue weighted by molar-refractivity contribution is -0.116. The minimum absolute atomic E-state index is 0.339. The Bertz CT molecular complexity index is 462. The van der Waals surface area contributed by atoms with Crippen molar-refractivity contribution in [3.8, 4) is 0 Å². The number of amides is 1. The third-order valence-electron chi connectivity index (χ3n) is 1.85. The summed E-state index contributed by atoms with van der Waals surface area (Å²) in [4.78, 5) is 11.7. The van der Waals surface area contributed by atoms with E-state index in [-0.39, 0.29) is 5.91 Å². The Hall–Kier alpha value is -1.53. The van der Waals surface area contributed by atoms with Gasteiger partial charge in [-0.15, -0.1) is 11.6 Å². The Labute approximate surface area is 101 Å². The third-order valence-corrected chi connectivity index (χ3v) is 2.81. The molecular formula is C9H7ClN4OS. The van der Waals surface area contributed by atoms with Gasteiger partial charge in [0.1, 0.15) is 5.38 Å². The largest absolute Gasteiger partial charge is 0.298 e. The number of halogens is 1. The van der Waals surface area contributed by atoms with Crippen molar-refractivity contribution < 1.29 is 4.79 Å². The fourth-order valence-corrected chi connectivity index (χ4v) is 1.69. The van der Waals surface area contributed by atoms with Crippen LogP contribution in [0.2, 0.25) is 0 Å². The molecule has 82 valence electrons. The van der Waals surface area contributed by atoms with Gasteiger partial charge in [-0.3, -0.25) is 10.1 Å². The highest BCUT2D eigenvalue weighted by atomic mass is 35.5. The predicted molar refractivity (Wildman–Crippen MR) is 61.4 cm³/mol. The van der Waals surface area contributed by atoms with Gasteiger partial charge in [-0.05, 0) is 10.8 Å². The van der Waals surface area contributed by atoms with E-state index in [2.05, 4.69) is 20.1 Å². The summed E-state index contributed by atoms with van der Waals surface area (Å²) in [5.41, 5.74) is 0.735. The first kappa shape index (κ1) is 11.0.